The highest BCUT2D eigenvalue weighted by atomic mass is 35.5. The summed E-state index contributed by atoms with van der Waals surface area (Å²) in [6.07, 6.45) is 0. The molecule has 7 heteroatoms. The second kappa shape index (κ2) is 7.85. The van der Waals surface area contributed by atoms with E-state index in [1.54, 1.807) is 12.1 Å². The van der Waals surface area contributed by atoms with E-state index in [2.05, 4.69) is 10.6 Å². The number of hydrogen-bond donors (Lipinski definition) is 3. The van der Waals surface area contributed by atoms with E-state index in [4.69, 9.17) is 5.73 Å². The SMILES string of the molecule is C[C@H]1CNCCN1C(=O)c1ccc(CNC(N)=O)cc1.Cl. The first kappa shape index (κ1) is 17.3. The quantitative estimate of drug-likeness (QED) is 0.768. The fraction of sp³-hybridized carbons (Fsp3) is 0.429. The van der Waals surface area contributed by atoms with E-state index in [0.29, 0.717) is 12.1 Å². The summed E-state index contributed by atoms with van der Waals surface area (Å²) in [5.41, 5.74) is 6.59. The lowest BCUT2D eigenvalue weighted by Gasteiger charge is -2.34. The van der Waals surface area contributed by atoms with Gasteiger partial charge in [-0.25, -0.2) is 4.79 Å². The van der Waals surface area contributed by atoms with Crippen molar-refractivity contribution in [3.8, 4) is 0 Å². The normalized spacial score (nSPS) is 17.8. The van der Waals surface area contributed by atoms with Crippen molar-refractivity contribution in [1.82, 2.24) is 15.5 Å². The molecule has 0 radical (unpaired) electrons. The number of carbonyl (C=O) groups is 2. The molecule has 1 aliphatic rings. The van der Waals surface area contributed by atoms with Crippen molar-refractivity contribution in [3.63, 3.8) is 0 Å². The Morgan fingerprint density at radius 3 is 2.62 bits per heavy atom. The Bertz CT molecular complexity index is 492. The van der Waals surface area contributed by atoms with Crippen molar-refractivity contribution in [2.24, 2.45) is 5.73 Å². The Labute approximate surface area is 130 Å². The van der Waals surface area contributed by atoms with Crippen LogP contribution < -0.4 is 16.4 Å². The topological polar surface area (TPSA) is 87.5 Å². The van der Waals surface area contributed by atoms with E-state index in [-0.39, 0.29) is 24.4 Å². The molecular weight excluding hydrogens is 292 g/mol. The van der Waals surface area contributed by atoms with Gasteiger partial charge < -0.3 is 21.3 Å². The maximum atomic E-state index is 12.4. The molecule has 1 aliphatic heterocycles. The molecule has 6 nitrogen and oxygen atoms in total. The zero-order chi connectivity index (χ0) is 14.5. The van der Waals surface area contributed by atoms with Crippen molar-refractivity contribution in [2.75, 3.05) is 19.6 Å². The summed E-state index contributed by atoms with van der Waals surface area (Å²) < 4.78 is 0. The molecule has 1 aromatic carbocycles. The molecule has 21 heavy (non-hydrogen) atoms. The maximum absolute atomic E-state index is 12.4. The lowest BCUT2D eigenvalue weighted by atomic mass is 10.1. The largest absolute Gasteiger partial charge is 0.352 e. The molecule has 0 aliphatic carbocycles. The van der Waals surface area contributed by atoms with Gasteiger partial charge in [0.1, 0.15) is 0 Å². The summed E-state index contributed by atoms with van der Waals surface area (Å²) in [4.78, 5) is 24.9. The molecule has 3 amide bonds. The molecule has 0 aromatic heterocycles. The van der Waals surface area contributed by atoms with Crippen LogP contribution in [0.1, 0.15) is 22.8 Å². The van der Waals surface area contributed by atoms with Crippen molar-refractivity contribution < 1.29 is 9.59 Å². The summed E-state index contributed by atoms with van der Waals surface area (Å²) in [7, 11) is 0. The number of amides is 3. The molecule has 1 fully saturated rings. The van der Waals surface area contributed by atoms with Crippen LogP contribution >= 0.6 is 12.4 Å². The molecule has 2 rings (SSSR count). The van der Waals surface area contributed by atoms with Gasteiger partial charge in [0.2, 0.25) is 0 Å². The highest BCUT2D eigenvalue weighted by molar-refractivity contribution is 5.94. The van der Waals surface area contributed by atoms with E-state index in [1.165, 1.54) is 0 Å². The van der Waals surface area contributed by atoms with Crippen LogP contribution in [0, 0.1) is 0 Å². The van der Waals surface area contributed by atoms with Crippen molar-refractivity contribution in [1.29, 1.82) is 0 Å². The van der Waals surface area contributed by atoms with Crippen LogP contribution in [0.2, 0.25) is 0 Å². The molecule has 4 N–H and O–H groups in total. The monoisotopic (exact) mass is 312 g/mol. The minimum absolute atomic E-state index is 0. The van der Waals surface area contributed by atoms with Gasteiger partial charge >= 0.3 is 6.03 Å². The molecule has 0 saturated carbocycles. The predicted octanol–water partition coefficient (Wildman–Crippen LogP) is 0.711. The van der Waals surface area contributed by atoms with Crippen LogP contribution in [0.15, 0.2) is 24.3 Å². The third kappa shape index (κ3) is 4.61. The van der Waals surface area contributed by atoms with Crippen LogP contribution in [-0.2, 0) is 6.54 Å². The Kier molecular flexibility index (Phi) is 6.45. The summed E-state index contributed by atoms with van der Waals surface area (Å²) >= 11 is 0. The predicted molar refractivity (Wildman–Crippen MR) is 83.5 cm³/mol. The lowest BCUT2D eigenvalue weighted by Crippen LogP contribution is -2.52. The zero-order valence-corrected chi connectivity index (χ0v) is 12.8. The molecule has 116 valence electrons. The summed E-state index contributed by atoms with van der Waals surface area (Å²) in [6, 6.07) is 6.88. The molecule has 1 aromatic rings. The molecule has 1 saturated heterocycles. The van der Waals surface area contributed by atoms with E-state index in [1.807, 2.05) is 24.0 Å². The standard InChI is InChI=1S/C14H20N4O2.ClH/c1-10-8-16-6-7-18(10)13(19)12-4-2-11(3-5-12)9-17-14(15)20;/h2-5,10,16H,6-9H2,1H3,(H3,15,17,20);1H/t10-;/m0./s1. The maximum Gasteiger partial charge on any atom is 0.312 e. The Balaban J connectivity index is 0.00000220. The van der Waals surface area contributed by atoms with Crippen molar-refractivity contribution in [2.45, 2.75) is 19.5 Å². The number of nitrogens with two attached hydrogens (primary N) is 1. The fourth-order valence-corrected chi connectivity index (χ4v) is 2.26. The van der Waals surface area contributed by atoms with Crippen LogP contribution in [0.5, 0.6) is 0 Å². The second-order valence-electron chi connectivity index (χ2n) is 4.97. The number of urea groups is 1. The number of carbonyl (C=O) groups excluding carboxylic acids is 2. The minimum Gasteiger partial charge on any atom is -0.352 e. The lowest BCUT2D eigenvalue weighted by molar-refractivity contribution is 0.0655. The number of hydrogen-bond acceptors (Lipinski definition) is 3. The molecular formula is C14H21ClN4O2. The van der Waals surface area contributed by atoms with Gasteiger partial charge in [-0.05, 0) is 24.6 Å². The molecule has 1 atom stereocenters. The number of rotatable bonds is 3. The minimum atomic E-state index is -0.556. The number of nitrogens with one attached hydrogen (secondary N) is 2. The van der Waals surface area contributed by atoms with E-state index in [0.717, 1.165) is 25.2 Å². The summed E-state index contributed by atoms with van der Waals surface area (Å²) in [5.74, 6) is 0.0495. The third-order valence-corrected chi connectivity index (χ3v) is 3.43. The highest BCUT2D eigenvalue weighted by Gasteiger charge is 2.23. The molecule has 1 heterocycles. The number of primary amides is 1. The van der Waals surface area contributed by atoms with Crippen molar-refractivity contribution >= 4 is 24.3 Å². The van der Waals surface area contributed by atoms with Gasteiger partial charge in [0.05, 0.1) is 0 Å². The van der Waals surface area contributed by atoms with E-state index < -0.39 is 6.03 Å². The van der Waals surface area contributed by atoms with Crippen LogP contribution in [0.25, 0.3) is 0 Å². The van der Waals surface area contributed by atoms with Gasteiger partial charge in [0.25, 0.3) is 5.91 Å². The van der Waals surface area contributed by atoms with Gasteiger partial charge in [-0.15, -0.1) is 12.4 Å². The molecule has 0 spiro atoms. The van der Waals surface area contributed by atoms with E-state index in [9.17, 15) is 9.59 Å². The van der Waals surface area contributed by atoms with Gasteiger partial charge in [-0.3, -0.25) is 4.79 Å². The van der Waals surface area contributed by atoms with Crippen LogP contribution in [0.3, 0.4) is 0 Å². The van der Waals surface area contributed by atoms with Gasteiger partial charge in [0, 0.05) is 37.8 Å². The Morgan fingerprint density at radius 2 is 2.05 bits per heavy atom. The third-order valence-electron chi connectivity index (χ3n) is 3.43. The van der Waals surface area contributed by atoms with Crippen LogP contribution in [0.4, 0.5) is 4.79 Å². The first-order chi connectivity index (χ1) is 9.58. The Hall–Kier alpha value is -1.79. The molecule has 0 unspecified atom stereocenters. The average molecular weight is 313 g/mol. The van der Waals surface area contributed by atoms with Crippen LogP contribution in [-0.4, -0.2) is 42.5 Å². The number of halogens is 1. The summed E-state index contributed by atoms with van der Waals surface area (Å²) in [6.45, 7) is 4.79. The number of benzene rings is 1. The fourth-order valence-electron chi connectivity index (χ4n) is 2.26. The average Bonchev–Trinajstić information content (AvgIpc) is 2.45. The van der Waals surface area contributed by atoms with Gasteiger partial charge in [0.15, 0.2) is 0 Å². The number of piperazine rings is 1. The van der Waals surface area contributed by atoms with Gasteiger partial charge in [-0.1, -0.05) is 12.1 Å². The van der Waals surface area contributed by atoms with Gasteiger partial charge in [-0.2, -0.15) is 0 Å². The number of nitrogens with zero attached hydrogens (tertiary/aromatic N) is 1. The summed E-state index contributed by atoms with van der Waals surface area (Å²) in [5, 5.41) is 5.78. The Morgan fingerprint density at radius 1 is 1.38 bits per heavy atom. The first-order valence-electron chi connectivity index (χ1n) is 6.72. The second-order valence-corrected chi connectivity index (χ2v) is 4.97. The smallest absolute Gasteiger partial charge is 0.312 e. The first-order valence-corrected chi connectivity index (χ1v) is 6.72. The zero-order valence-electron chi connectivity index (χ0n) is 12.0. The highest BCUT2D eigenvalue weighted by Crippen LogP contribution is 2.11. The van der Waals surface area contributed by atoms with Crippen molar-refractivity contribution in [3.05, 3.63) is 35.4 Å². The molecule has 0 bridgehead atoms. The van der Waals surface area contributed by atoms with E-state index >= 15 is 0 Å².